The molecular formula is C58H99NO5. The molecule has 0 aliphatic carbocycles. The average molecular weight is 890 g/mol. The van der Waals surface area contributed by atoms with E-state index in [0.717, 1.165) is 96.3 Å². The molecule has 0 aliphatic rings. The third kappa shape index (κ3) is 45.4. The Bertz CT molecular complexity index is 1270. The number of aliphatic hydroxyl groups excluding tert-OH is 2. The van der Waals surface area contributed by atoms with Gasteiger partial charge in [-0.15, -0.1) is 0 Å². The standard InChI is InChI=1S/C58H99NO5/c1-4-7-10-13-16-19-22-24-26-28-29-31-33-36-39-42-45-48-51-58(63)64-54(49-46-43-40-37-35-32-30-27-25-23-20-17-14-11-8-5-2)52-57(62)59-55(53-60)56(61)50-47-44-41-38-34-21-18-15-12-9-6-3/h16-17,19-20,22-32,35,54-56,60-61H,4-15,18,21,33-34,36-53H2,1-3H3,(H,59,62)/b19-16+,20-17+,24-22+,25-23+,28-26+,30-27+,31-29+,35-32+. The summed E-state index contributed by atoms with van der Waals surface area (Å²) in [4.78, 5) is 26.2. The normalized spacial score (nSPS) is 14.0. The van der Waals surface area contributed by atoms with E-state index in [9.17, 15) is 19.8 Å². The Morgan fingerprint density at radius 2 is 0.797 bits per heavy atom. The van der Waals surface area contributed by atoms with Gasteiger partial charge in [0.2, 0.25) is 5.91 Å². The Morgan fingerprint density at radius 3 is 1.25 bits per heavy atom. The van der Waals surface area contributed by atoms with Crippen LogP contribution in [0.1, 0.15) is 233 Å². The van der Waals surface area contributed by atoms with Crippen molar-refractivity contribution in [2.45, 2.75) is 251 Å². The Morgan fingerprint density at radius 1 is 0.453 bits per heavy atom. The predicted octanol–water partition coefficient (Wildman–Crippen LogP) is 16.1. The van der Waals surface area contributed by atoms with Gasteiger partial charge < -0.3 is 20.3 Å². The topological polar surface area (TPSA) is 95.9 Å². The number of carbonyl (C=O) groups excluding carboxylic acids is 2. The smallest absolute Gasteiger partial charge is 0.306 e. The van der Waals surface area contributed by atoms with Gasteiger partial charge >= 0.3 is 5.97 Å². The fourth-order valence-corrected chi connectivity index (χ4v) is 7.51. The van der Waals surface area contributed by atoms with E-state index in [4.69, 9.17) is 4.74 Å². The van der Waals surface area contributed by atoms with Gasteiger partial charge in [-0.05, 0) is 77.0 Å². The zero-order chi connectivity index (χ0) is 46.7. The molecule has 6 nitrogen and oxygen atoms in total. The summed E-state index contributed by atoms with van der Waals surface area (Å²) in [5.74, 6) is -0.545. The molecule has 0 rings (SSSR count). The number of esters is 1. The number of ether oxygens (including phenoxy) is 1. The van der Waals surface area contributed by atoms with Gasteiger partial charge in [-0.3, -0.25) is 9.59 Å². The van der Waals surface area contributed by atoms with Crippen LogP contribution in [0.4, 0.5) is 0 Å². The summed E-state index contributed by atoms with van der Waals surface area (Å²) in [6, 6.07) is -0.725. The Kier molecular flexibility index (Phi) is 48.2. The van der Waals surface area contributed by atoms with E-state index < -0.39 is 18.2 Å². The van der Waals surface area contributed by atoms with Crippen LogP contribution >= 0.6 is 0 Å². The van der Waals surface area contributed by atoms with E-state index in [1.54, 1.807) is 0 Å². The molecule has 0 aromatic rings. The fraction of sp³-hybridized carbons (Fsp3) is 0.690. The summed E-state index contributed by atoms with van der Waals surface area (Å²) in [6.07, 6.45) is 67.4. The van der Waals surface area contributed by atoms with Crippen LogP contribution in [0, 0.1) is 0 Å². The largest absolute Gasteiger partial charge is 0.462 e. The second-order valence-electron chi connectivity index (χ2n) is 17.8. The van der Waals surface area contributed by atoms with Gasteiger partial charge in [0.25, 0.3) is 0 Å². The van der Waals surface area contributed by atoms with Crippen LogP contribution in [-0.2, 0) is 14.3 Å². The van der Waals surface area contributed by atoms with E-state index in [-0.39, 0.29) is 24.9 Å². The van der Waals surface area contributed by atoms with Crippen molar-refractivity contribution in [2.75, 3.05) is 6.61 Å². The summed E-state index contributed by atoms with van der Waals surface area (Å²) < 4.78 is 5.92. The van der Waals surface area contributed by atoms with Crippen LogP contribution in [0.15, 0.2) is 97.2 Å². The number of unbranched alkanes of at least 4 members (excludes halogenated alkanes) is 24. The number of nitrogens with one attached hydrogen (secondary N) is 1. The lowest BCUT2D eigenvalue weighted by molar-refractivity contribution is -0.151. The van der Waals surface area contributed by atoms with Crippen molar-refractivity contribution in [1.29, 1.82) is 0 Å². The third-order valence-electron chi connectivity index (χ3n) is 11.6. The molecule has 64 heavy (non-hydrogen) atoms. The summed E-state index contributed by atoms with van der Waals surface area (Å²) in [5.41, 5.74) is 0. The highest BCUT2D eigenvalue weighted by Crippen LogP contribution is 2.17. The van der Waals surface area contributed by atoms with Crippen LogP contribution in [-0.4, -0.2) is 46.9 Å². The molecule has 0 heterocycles. The first-order valence-corrected chi connectivity index (χ1v) is 26.6. The maximum atomic E-state index is 13.2. The molecule has 0 saturated heterocycles. The molecule has 0 saturated carbocycles. The first-order chi connectivity index (χ1) is 31.5. The zero-order valence-corrected chi connectivity index (χ0v) is 41.6. The van der Waals surface area contributed by atoms with Crippen LogP contribution in [0.2, 0.25) is 0 Å². The highest BCUT2D eigenvalue weighted by molar-refractivity contribution is 5.77. The first kappa shape index (κ1) is 60.8. The summed E-state index contributed by atoms with van der Waals surface area (Å²) in [7, 11) is 0. The summed E-state index contributed by atoms with van der Waals surface area (Å²) in [5, 5.41) is 23.7. The predicted molar refractivity (Wildman–Crippen MR) is 277 cm³/mol. The molecule has 1 amide bonds. The molecule has 0 aliphatic heterocycles. The average Bonchev–Trinajstić information content (AvgIpc) is 3.29. The molecule has 0 bridgehead atoms. The highest BCUT2D eigenvalue weighted by atomic mass is 16.5. The van der Waals surface area contributed by atoms with E-state index >= 15 is 0 Å². The molecular weight excluding hydrogens is 791 g/mol. The fourth-order valence-electron chi connectivity index (χ4n) is 7.51. The summed E-state index contributed by atoms with van der Waals surface area (Å²) >= 11 is 0. The number of hydrogen-bond acceptors (Lipinski definition) is 5. The van der Waals surface area contributed by atoms with Gasteiger partial charge in [0.05, 0.1) is 25.2 Å². The van der Waals surface area contributed by atoms with Crippen molar-refractivity contribution in [3.05, 3.63) is 97.2 Å². The maximum Gasteiger partial charge on any atom is 0.306 e. The third-order valence-corrected chi connectivity index (χ3v) is 11.6. The van der Waals surface area contributed by atoms with Gasteiger partial charge in [0, 0.05) is 6.42 Å². The van der Waals surface area contributed by atoms with Crippen molar-refractivity contribution < 1.29 is 24.5 Å². The maximum absolute atomic E-state index is 13.2. The number of allylic oxidation sites excluding steroid dienone is 16. The molecule has 3 N–H and O–H groups in total. The molecule has 0 spiro atoms. The SMILES string of the molecule is CCCCC/C=C/C=C/C=C/C=C/CCCCCCCC(=O)OC(CCCCC/C=C/C=C/C=C/C=C/CCCCC)CC(=O)NC(CO)C(O)CCCCCCCCCCCCC. The van der Waals surface area contributed by atoms with Crippen molar-refractivity contribution in [1.82, 2.24) is 5.32 Å². The lowest BCUT2D eigenvalue weighted by Crippen LogP contribution is -2.46. The van der Waals surface area contributed by atoms with E-state index in [1.165, 1.54) is 89.9 Å². The van der Waals surface area contributed by atoms with Gasteiger partial charge in [-0.25, -0.2) is 0 Å². The van der Waals surface area contributed by atoms with Crippen LogP contribution in [0.25, 0.3) is 0 Å². The van der Waals surface area contributed by atoms with Gasteiger partial charge in [-0.2, -0.15) is 0 Å². The molecule has 0 fully saturated rings. The second-order valence-corrected chi connectivity index (χ2v) is 17.8. The van der Waals surface area contributed by atoms with Gasteiger partial charge in [-0.1, -0.05) is 240 Å². The minimum atomic E-state index is -0.808. The Hall–Kier alpha value is -3.22. The molecule has 6 heteroatoms. The van der Waals surface area contributed by atoms with E-state index in [1.807, 2.05) is 6.08 Å². The van der Waals surface area contributed by atoms with Gasteiger partial charge in [0.15, 0.2) is 0 Å². The van der Waals surface area contributed by atoms with Crippen molar-refractivity contribution in [3.8, 4) is 0 Å². The van der Waals surface area contributed by atoms with Crippen LogP contribution in [0.3, 0.4) is 0 Å². The molecule has 0 aromatic carbocycles. The van der Waals surface area contributed by atoms with E-state index in [0.29, 0.717) is 19.3 Å². The Balaban J connectivity index is 4.74. The monoisotopic (exact) mass is 890 g/mol. The quantitative estimate of drug-likeness (QED) is 0.0321. The molecule has 0 aromatic heterocycles. The molecule has 0 radical (unpaired) electrons. The number of hydrogen-bond donors (Lipinski definition) is 3. The minimum absolute atomic E-state index is 0.0364. The van der Waals surface area contributed by atoms with Crippen molar-refractivity contribution in [3.63, 3.8) is 0 Å². The lowest BCUT2D eigenvalue weighted by Gasteiger charge is -2.24. The number of amides is 1. The highest BCUT2D eigenvalue weighted by Gasteiger charge is 2.24. The molecule has 366 valence electrons. The first-order valence-electron chi connectivity index (χ1n) is 26.6. The van der Waals surface area contributed by atoms with Crippen LogP contribution < -0.4 is 5.32 Å². The number of carbonyl (C=O) groups is 2. The summed E-state index contributed by atoms with van der Waals surface area (Å²) in [6.45, 7) is 6.38. The molecule has 3 unspecified atom stereocenters. The minimum Gasteiger partial charge on any atom is -0.462 e. The van der Waals surface area contributed by atoms with Crippen molar-refractivity contribution >= 4 is 11.9 Å². The number of rotatable bonds is 46. The Labute approximate surface area is 395 Å². The lowest BCUT2D eigenvalue weighted by atomic mass is 10.0. The number of aliphatic hydroxyl groups is 2. The van der Waals surface area contributed by atoms with Crippen molar-refractivity contribution in [2.24, 2.45) is 0 Å². The zero-order valence-electron chi connectivity index (χ0n) is 41.6. The van der Waals surface area contributed by atoms with Gasteiger partial charge in [0.1, 0.15) is 6.10 Å². The van der Waals surface area contributed by atoms with Crippen LogP contribution in [0.5, 0.6) is 0 Å². The second kappa shape index (κ2) is 50.8. The van der Waals surface area contributed by atoms with E-state index in [2.05, 4.69) is 117 Å². The molecule has 3 atom stereocenters.